The predicted octanol–water partition coefficient (Wildman–Crippen LogP) is 3.59. The fourth-order valence-electron chi connectivity index (χ4n) is 2.85. The van der Waals surface area contributed by atoms with E-state index >= 15 is 0 Å². The number of amides is 1. The molecule has 0 aromatic rings. The number of nitrogens with zero attached hydrogens (tertiary/aromatic N) is 1. The van der Waals surface area contributed by atoms with Crippen molar-refractivity contribution in [3.63, 3.8) is 0 Å². The van der Waals surface area contributed by atoms with Crippen LogP contribution < -0.4 is 0 Å². The topological polar surface area (TPSA) is 20.3 Å². The Labute approximate surface area is 106 Å². The third-order valence-electron chi connectivity index (χ3n) is 3.62. The van der Waals surface area contributed by atoms with Crippen LogP contribution in [0.5, 0.6) is 0 Å². The molecule has 0 bridgehead atoms. The van der Waals surface area contributed by atoms with Crippen molar-refractivity contribution in [3.8, 4) is 0 Å². The Hall–Kier alpha value is -0.570. The normalized spacial score (nSPS) is 29.6. The summed E-state index contributed by atoms with van der Waals surface area (Å²) in [5.41, 5.74) is 1.32. The zero-order valence-corrected chi connectivity index (χ0v) is 11.3. The minimum absolute atomic E-state index is 0.0787. The molecule has 1 atom stereocenters. The summed E-state index contributed by atoms with van der Waals surface area (Å²) in [5, 5.41) is 0. The maximum absolute atomic E-state index is 12.0. The van der Waals surface area contributed by atoms with Crippen LogP contribution in [0, 0.1) is 5.41 Å². The summed E-state index contributed by atoms with van der Waals surface area (Å²) in [6.45, 7) is 6.72. The second-order valence-corrected chi connectivity index (χ2v) is 5.92. The molecule has 2 aliphatic rings. The molecule has 1 saturated heterocycles. The largest absolute Gasteiger partial charge is 0.314 e. The number of hydrogen-bond acceptors (Lipinski definition) is 1. The molecule has 0 aromatic carbocycles. The van der Waals surface area contributed by atoms with Gasteiger partial charge in [-0.05, 0) is 25.7 Å². The van der Waals surface area contributed by atoms with Crippen LogP contribution >= 0.6 is 15.9 Å². The molecule has 1 aliphatic heterocycles. The van der Waals surface area contributed by atoms with Crippen LogP contribution in [0.25, 0.3) is 0 Å². The molecule has 0 spiro atoms. The van der Waals surface area contributed by atoms with Crippen LogP contribution in [0.4, 0.5) is 0 Å². The average Bonchev–Trinajstić information content (AvgIpc) is 2.47. The van der Waals surface area contributed by atoms with Crippen molar-refractivity contribution < 1.29 is 4.79 Å². The summed E-state index contributed by atoms with van der Waals surface area (Å²) in [6.07, 6.45) is 6.81. The second kappa shape index (κ2) is 4.36. The number of allylic oxidation sites excluding steroid dienone is 2. The number of carbonyl (C=O) groups excluding carboxylic acids is 1. The highest BCUT2D eigenvalue weighted by Gasteiger charge is 2.46. The van der Waals surface area contributed by atoms with Gasteiger partial charge in [-0.15, -0.1) is 6.58 Å². The molecule has 1 heterocycles. The SMILES string of the molecule is C=CCCN1C(=O)CC2(C)CCCC(Br)=C12. The molecular weight excluding hydrogens is 266 g/mol. The van der Waals surface area contributed by atoms with Gasteiger partial charge in [-0.3, -0.25) is 4.79 Å². The fourth-order valence-corrected chi connectivity index (χ4v) is 3.83. The summed E-state index contributed by atoms with van der Waals surface area (Å²) < 4.78 is 1.23. The maximum atomic E-state index is 12.0. The molecule has 88 valence electrons. The molecule has 1 fully saturated rings. The predicted molar refractivity (Wildman–Crippen MR) is 69.1 cm³/mol. The van der Waals surface area contributed by atoms with Crippen LogP contribution in [0.3, 0.4) is 0 Å². The summed E-state index contributed by atoms with van der Waals surface area (Å²) >= 11 is 3.65. The van der Waals surface area contributed by atoms with Crippen LogP contribution in [-0.4, -0.2) is 17.4 Å². The summed E-state index contributed by atoms with van der Waals surface area (Å²) in [4.78, 5) is 14.0. The first-order chi connectivity index (χ1) is 7.58. The number of rotatable bonds is 3. The summed E-state index contributed by atoms with van der Waals surface area (Å²) in [5.74, 6) is 0.276. The van der Waals surface area contributed by atoms with Gasteiger partial charge in [0, 0.05) is 28.6 Å². The van der Waals surface area contributed by atoms with Gasteiger partial charge in [0.05, 0.1) is 0 Å². The summed E-state index contributed by atoms with van der Waals surface area (Å²) in [6, 6.07) is 0. The molecule has 0 aromatic heterocycles. The number of carbonyl (C=O) groups is 1. The lowest BCUT2D eigenvalue weighted by Gasteiger charge is -2.33. The molecule has 1 unspecified atom stereocenters. The van der Waals surface area contributed by atoms with E-state index in [2.05, 4.69) is 29.4 Å². The Balaban J connectivity index is 2.31. The van der Waals surface area contributed by atoms with E-state index in [0.29, 0.717) is 6.42 Å². The number of likely N-dealkylation sites (tertiary alicyclic amines) is 1. The van der Waals surface area contributed by atoms with Gasteiger partial charge in [-0.2, -0.15) is 0 Å². The zero-order chi connectivity index (χ0) is 11.8. The first kappa shape index (κ1) is 11.9. The lowest BCUT2D eigenvalue weighted by Crippen LogP contribution is -2.28. The minimum Gasteiger partial charge on any atom is -0.314 e. The average molecular weight is 284 g/mol. The van der Waals surface area contributed by atoms with E-state index in [9.17, 15) is 4.79 Å². The van der Waals surface area contributed by atoms with E-state index in [-0.39, 0.29) is 11.3 Å². The van der Waals surface area contributed by atoms with E-state index in [1.807, 2.05) is 11.0 Å². The minimum atomic E-state index is 0.0787. The van der Waals surface area contributed by atoms with Crippen molar-refractivity contribution in [2.45, 2.75) is 39.0 Å². The molecule has 2 rings (SSSR count). The van der Waals surface area contributed by atoms with Crippen molar-refractivity contribution in [3.05, 3.63) is 22.8 Å². The maximum Gasteiger partial charge on any atom is 0.227 e. The van der Waals surface area contributed by atoms with E-state index in [4.69, 9.17) is 0 Å². The van der Waals surface area contributed by atoms with Crippen LogP contribution in [0.1, 0.15) is 39.0 Å². The van der Waals surface area contributed by atoms with Gasteiger partial charge >= 0.3 is 0 Å². The smallest absolute Gasteiger partial charge is 0.227 e. The third-order valence-corrected chi connectivity index (χ3v) is 4.39. The van der Waals surface area contributed by atoms with Crippen LogP contribution in [-0.2, 0) is 4.79 Å². The Morgan fingerprint density at radius 3 is 3.06 bits per heavy atom. The Bertz CT molecular complexity index is 361. The van der Waals surface area contributed by atoms with E-state index in [1.165, 1.54) is 16.6 Å². The van der Waals surface area contributed by atoms with Gasteiger partial charge in [0.2, 0.25) is 5.91 Å². The van der Waals surface area contributed by atoms with Gasteiger partial charge in [-0.1, -0.05) is 28.9 Å². The summed E-state index contributed by atoms with van der Waals surface area (Å²) in [7, 11) is 0. The highest BCUT2D eigenvalue weighted by Crippen LogP contribution is 2.51. The van der Waals surface area contributed by atoms with E-state index in [1.54, 1.807) is 0 Å². The highest BCUT2D eigenvalue weighted by molar-refractivity contribution is 9.11. The second-order valence-electron chi connectivity index (χ2n) is 4.97. The van der Waals surface area contributed by atoms with Crippen molar-refractivity contribution in [2.75, 3.05) is 6.54 Å². The molecule has 0 N–H and O–H groups in total. The Morgan fingerprint density at radius 2 is 2.38 bits per heavy atom. The first-order valence-electron chi connectivity index (χ1n) is 5.89. The lowest BCUT2D eigenvalue weighted by atomic mass is 9.77. The van der Waals surface area contributed by atoms with Crippen molar-refractivity contribution in [2.24, 2.45) is 5.41 Å². The van der Waals surface area contributed by atoms with Gasteiger partial charge in [0.25, 0.3) is 0 Å². The van der Waals surface area contributed by atoms with Gasteiger partial charge in [-0.25, -0.2) is 0 Å². The zero-order valence-electron chi connectivity index (χ0n) is 9.76. The molecular formula is C13H18BrNO. The van der Waals surface area contributed by atoms with Crippen molar-refractivity contribution >= 4 is 21.8 Å². The molecule has 0 radical (unpaired) electrons. The first-order valence-corrected chi connectivity index (χ1v) is 6.68. The quantitative estimate of drug-likeness (QED) is 0.725. The lowest BCUT2D eigenvalue weighted by molar-refractivity contribution is -0.126. The highest BCUT2D eigenvalue weighted by atomic mass is 79.9. The van der Waals surface area contributed by atoms with Crippen LogP contribution in [0.15, 0.2) is 22.8 Å². The molecule has 16 heavy (non-hydrogen) atoms. The number of halogens is 1. The van der Waals surface area contributed by atoms with Gasteiger partial charge in [0.15, 0.2) is 0 Å². The Morgan fingerprint density at radius 1 is 1.62 bits per heavy atom. The molecule has 0 saturated carbocycles. The number of fused-ring (bicyclic) bond motifs is 1. The van der Waals surface area contributed by atoms with Crippen LogP contribution in [0.2, 0.25) is 0 Å². The molecule has 2 nitrogen and oxygen atoms in total. The van der Waals surface area contributed by atoms with Gasteiger partial charge < -0.3 is 4.90 Å². The van der Waals surface area contributed by atoms with E-state index < -0.39 is 0 Å². The molecule has 3 heteroatoms. The fraction of sp³-hybridized carbons (Fsp3) is 0.615. The Kier molecular flexibility index (Phi) is 3.24. The standard InChI is InChI=1S/C13H18BrNO/c1-3-4-8-15-11(16)9-13(2)7-5-6-10(14)12(13)15/h3H,1,4-9H2,2H3. The third kappa shape index (κ3) is 1.86. The monoisotopic (exact) mass is 283 g/mol. The van der Waals surface area contributed by atoms with Crippen molar-refractivity contribution in [1.82, 2.24) is 4.90 Å². The molecule has 1 aliphatic carbocycles. The van der Waals surface area contributed by atoms with Gasteiger partial charge in [0.1, 0.15) is 0 Å². The number of hydrogen-bond donors (Lipinski definition) is 0. The molecule has 1 amide bonds. The van der Waals surface area contributed by atoms with Crippen molar-refractivity contribution in [1.29, 1.82) is 0 Å². The van der Waals surface area contributed by atoms with E-state index in [0.717, 1.165) is 25.8 Å².